The number of rotatable bonds is 1. The maximum atomic E-state index is 2.42. The summed E-state index contributed by atoms with van der Waals surface area (Å²) in [6.07, 6.45) is 7.07. The second-order valence-corrected chi connectivity index (χ2v) is 9.29. The van der Waals surface area contributed by atoms with Gasteiger partial charge >= 0.3 is 0 Å². The maximum absolute atomic E-state index is 2.42. The first kappa shape index (κ1) is 14.4. The van der Waals surface area contributed by atoms with Gasteiger partial charge in [0.2, 0.25) is 0 Å². The third-order valence-corrected chi connectivity index (χ3v) is 8.21. The molecule has 0 spiro atoms. The molecule has 4 aromatic carbocycles. The zero-order chi connectivity index (χ0) is 15.9. The third-order valence-electron chi connectivity index (χ3n) is 5.44. The van der Waals surface area contributed by atoms with Crippen LogP contribution < -0.4 is 5.30 Å². The van der Waals surface area contributed by atoms with Gasteiger partial charge in [-0.05, 0) is 62.8 Å². The van der Waals surface area contributed by atoms with Gasteiger partial charge in [-0.25, -0.2) is 0 Å². The van der Waals surface area contributed by atoms with Crippen LogP contribution in [0, 0.1) is 0 Å². The highest BCUT2D eigenvalue weighted by Crippen LogP contribution is 2.45. The summed E-state index contributed by atoms with van der Waals surface area (Å²) in [5.74, 6) is 0. The normalized spacial score (nSPS) is 16.2. The van der Waals surface area contributed by atoms with Gasteiger partial charge in [-0.2, -0.15) is 0 Å². The van der Waals surface area contributed by atoms with Crippen LogP contribution in [-0.4, -0.2) is 12.3 Å². The van der Waals surface area contributed by atoms with E-state index in [9.17, 15) is 0 Å². The van der Waals surface area contributed by atoms with E-state index in [2.05, 4.69) is 66.7 Å². The molecule has 0 radical (unpaired) electrons. The lowest BCUT2D eigenvalue weighted by atomic mass is 9.94. The molecule has 0 atom stereocenters. The van der Waals surface area contributed by atoms with Crippen molar-refractivity contribution in [2.24, 2.45) is 0 Å². The molecule has 1 heteroatoms. The molecule has 0 aromatic heterocycles. The van der Waals surface area contributed by atoms with E-state index in [4.69, 9.17) is 0 Å². The number of hydrogen-bond donors (Lipinski definition) is 0. The van der Waals surface area contributed by atoms with Crippen molar-refractivity contribution in [3.63, 3.8) is 0 Å². The molecule has 1 aliphatic heterocycles. The van der Waals surface area contributed by atoms with Crippen molar-refractivity contribution >= 4 is 45.5 Å². The van der Waals surface area contributed by atoms with Gasteiger partial charge < -0.3 is 0 Å². The van der Waals surface area contributed by atoms with E-state index in [-0.39, 0.29) is 7.92 Å². The Morgan fingerprint density at radius 3 is 1.62 bits per heavy atom. The standard InChI is InChI=1S/C23H21P/c1-6-15-24(16-7-1)22-14-8-13-21-19-10-3-2-9-17(19)18-11-4-5-12-20(18)23(21)22/h2-5,8-14H,1,6-7,15-16H2. The van der Waals surface area contributed by atoms with Crippen molar-refractivity contribution in [1.82, 2.24) is 0 Å². The summed E-state index contributed by atoms with van der Waals surface area (Å²) >= 11 is 0. The van der Waals surface area contributed by atoms with Crippen molar-refractivity contribution in [1.29, 1.82) is 0 Å². The molecule has 0 saturated carbocycles. The van der Waals surface area contributed by atoms with Gasteiger partial charge in [-0.15, -0.1) is 0 Å². The fourth-order valence-corrected chi connectivity index (χ4v) is 7.10. The van der Waals surface area contributed by atoms with Crippen LogP contribution in [0.4, 0.5) is 0 Å². The molecule has 0 amide bonds. The highest BCUT2D eigenvalue weighted by Gasteiger charge is 2.19. The van der Waals surface area contributed by atoms with E-state index in [0.717, 1.165) is 0 Å². The summed E-state index contributed by atoms with van der Waals surface area (Å²) in [5.41, 5.74) is 0. The monoisotopic (exact) mass is 328 g/mol. The van der Waals surface area contributed by atoms with Gasteiger partial charge in [-0.3, -0.25) is 0 Å². The van der Waals surface area contributed by atoms with Gasteiger partial charge in [0, 0.05) is 0 Å². The molecule has 1 saturated heterocycles. The average molecular weight is 328 g/mol. The van der Waals surface area contributed by atoms with Crippen LogP contribution >= 0.6 is 7.92 Å². The van der Waals surface area contributed by atoms with Gasteiger partial charge in [0.25, 0.3) is 0 Å². The minimum atomic E-state index is 0.00476. The quantitative estimate of drug-likeness (QED) is 0.279. The van der Waals surface area contributed by atoms with E-state index in [0.29, 0.717) is 0 Å². The topological polar surface area (TPSA) is 0 Å². The van der Waals surface area contributed by atoms with Crippen LogP contribution in [0.15, 0.2) is 66.7 Å². The largest absolute Gasteiger partial charge is 0.0746 e. The van der Waals surface area contributed by atoms with Crippen molar-refractivity contribution in [2.75, 3.05) is 12.3 Å². The van der Waals surface area contributed by atoms with Gasteiger partial charge in [0.1, 0.15) is 0 Å². The molecule has 0 bridgehead atoms. The first-order chi connectivity index (χ1) is 11.9. The second-order valence-electron chi connectivity index (χ2n) is 6.84. The zero-order valence-corrected chi connectivity index (χ0v) is 14.7. The van der Waals surface area contributed by atoms with E-state index >= 15 is 0 Å². The molecule has 0 unspecified atom stereocenters. The average Bonchev–Trinajstić information content (AvgIpc) is 2.68. The lowest BCUT2D eigenvalue weighted by molar-refractivity contribution is 0.755. The molecule has 1 heterocycles. The summed E-state index contributed by atoms with van der Waals surface area (Å²) in [5, 5.41) is 10.2. The van der Waals surface area contributed by atoms with Crippen LogP contribution in [0.1, 0.15) is 19.3 Å². The van der Waals surface area contributed by atoms with Gasteiger partial charge in [0.05, 0.1) is 0 Å². The van der Waals surface area contributed by atoms with Crippen molar-refractivity contribution in [3.8, 4) is 0 Å². The van der Waals surface area contributed by atoms with Gasteiger partial charge in [-0.1, -0.05) is 81.1 Å². The minimum absolute atomic E-state index is 0.00476. The summed E-state index contributed by atoms with van der Waals surface area (Å²) in [6.45, 7) is 0. The molecule has 1 fully saturated rings. The SMILES string of the molecule is c1ccc2c(c1)c1ccccc1c1c(P3CCCCC3)cccc21. The lowest BCUT2D eigenvalue weighted by Gasteiger charge is -2.25. The molecular formula is C23H21P. The summed E-state index contributed by atoms with van der Waals surface area (Å²) in [4.78, 5) is 0. The van der Waals surface area contributed by atoms with Crippen molar-refractivity contribution in [2.45, 2.75) is 19.3 Å². The Morgan fingerprint density at radius 2 is 1.00 bits per heavy atom. The maximum Gasteiger partial charge on any atom is -0.00219 e. The molecule has 24 heavy (non-hydrogen) atoms. The van der Waals surface area contributed by atoms with E-state index < -0.39 is 0 Å². The number of hydrogen-bond acceptors (Lipinski definition) is 0. The van der Waals surface area contributed by atoms with E-state index in [1.54, 1.807) is 5.30 Å². The summed E-state index contributed by atoms with van der Waals surface area (Å²) in [6, 6.07) is 24.9. The molecule has 0 N–H and O–H groups in total. The molecule has 4 aromatic rings. The fourth-order valence-electron chi connectivity index (χ4n) is 4.33. The van der Waals surface area contributed by atoms with E-state index in [1.807, 2.05) is 0 Å². The zero-order valence-electron chi connectivity index (χ0n) is 13.8. The predicted molar refractivity (Wildman–Crippen MR) is 109 cm³/mol. The van der Waals surface area contributed by atoms with Crippen LogP contribution in [0.3, 0.4) is 0 Å². The third kappa shape index (κ3) is 2.17. The Kier molecular flexibility index (Phi) is 3.53. The highest BCUT2D eigenvalue weighted by molar-refractivity contribution is 7.66. The molecule has 0 aliphatic carbocycles. The van der Waals surface area contributed by atoms with Crippen LogP contribution in [0.5, 0.6) is 0 Å². The van der Waals surface area contributed by atoms with Crippen molar-refractivity contribution in [3.05, 3.63) is 66.7 Å². The Hall–Kier alpha value is -1.91. The Bertz CT molecular complexity index is 997. The minimum Gasteiger partial charge on any atom is -0.0746 e. The Morgan fingerprint density at radius 1 is 0.500 bits per heavy atom. The first-order valence-electron chi connectivity index (χ1n) is 9.00. The van der Waals surface area contributed by atoms with Crippen LogP contribution in [-0.2, 0) is 0 Å². The van der Waals surface area contributed by atoms with E-state index in [1.165, 1.54) is 63.9 Å². The second kappa shape index (κ2) is 5.87. The summed E-state index contributed by atoms with van der Waals surface area (Å²) < 4.78 is 0. The predicted octanol–water partition coefficient (Wildman–Crippen LogP) is 6.44. The van der Waals surface area contributed by atoms with Crippen LogP contribution in [0.2, 0.25) is 0 Å². The molecular weight excluding hydrogens is 307 g/mol. The smallest absolute Gasteiger partial charge is 0.00219 e. The number of benzene rings is 4. The van der Waals surface area contributed by atoms with Crippen molar-refractivity contribution < 1.29 is 0 Å². The molecule has 5 rings (SSSR count). The highest BCUT2D eigenvalue weighted by atomic mass is 31.1. The number of fused-ring (bicyclic) bond motifs is 6. The van der Waals surface area contributed by atoms with Crippen LogP contribution in [0.25, 0.3) is 32.3 Å². The lowest BCUT2D eigenvalue weighted by Crippen LogP contribution is -2.12. The summed E-state index contributed by atoms with van der Waals surface area (Å²) in [7, 11) is 0.00476. The molecule has 1 aliphatic rings. The molecule has 0 nitrogen and oxygen atoms in total. The first-order valence-corrected chi connectivity index (χ1v) is 10.7. The Labute approximate surface area is 144 Å². The fraction of sp³-hybridized carbons (Fsp3) is 0.217. The molecule has 118 valence electrons. The Balaban J connectivity index is 1.96. The van der Waals surface area contributed by atoms with Gasteiger partial charge in [0.15, 0.2) is 0 Å².